The first-order valence-electron chi connectivity index (χ1n) is 8.20. The molecule has 9 heteroatoms. The molecule has 2 aromatic heterocycles. The summed E-state index contributed by atoms with van der Waals surface area (Å²) in [6, 6.07) is 6.73. The van der Waals surface area contributed by atoms with Gasteiger partial charge in [0.25, 0.3) is 10.9 Å². The molecule has 0 radical (unpaired) electrons. The van der Waals surface area contributed by atoms with Crippen LogP contribution < -0.4 is 32.8 Å². The first-order chi connectivity index (χ1) is 12.9. The Kier molecular flexibility index (Phi) is 3.76. The molecule has 136 valence electrons. The quantitative estimate of drug-likeness (QED) is 0.333. The number of aromatic amines is 2. The van der Waals surface area contributed by atoms with Gasteiger partial charge in [-0.15, -0.1) is 0 Å². The average Bonchev–Trinajstić information content (AvgIpc) is 3.02. The third-order valence-electron chi connectivity index (χ3n) is 4.39. The number of nitrogens with one attached hydrogen (secondary N) is 4. The van der Waals surface area contributed by atoms with Crippen LogP contribution in [0.4, 0.5) is 22.9 Å². The maximum absolute atomic E-state index is 12.0. The molecule has 9 nitrogen and oxygen atoms in total. The summed E-state index contributed by atoms with van der Waals surface area (Å²) in [7, 11) is 0. The highest BCUT2D eigenvalue weighted by Crippen LogP contribution is 2.28. The molecule has 4 aromatic rings. The van der Waals surface area contributed by atoms with E-state index in [2.05, 4.69) is 25.8 Å². The molecule has 0 spiro atoms. The zero-order chi connectivity index (χ0) is 19.1. The molecule has 0 saturated heterocycles. The molecule has 0 aliphatic heterocycles. The summed E-state index contributed by atoms with van der Waals surface area (Å²) >= 11 is 0. The number of fused-ring (bicyclic) bond motifs is 1. The Morgan fingerprint density at radius 2 is 1.89 bits per heavy atom. The maximum Gasteiger partial charge on any atom is 0.253 e. The Morgan fingerprint density at radius 3 is 2.67 bits per heavy atom. The number of rotatable bonds is 5. The highest BCUT2D eigenvalue weighted by Gasteiger charge is 2.21. The van der Waals surface area contributed by atoms with E-state index in [0.717, 1.165) is 16.5 Å². The molecule has 0 fully saturated rings. The minimum atomic E-state index is -0.596. The summed E-state index contributed by atoms with van der Waals surface area (Å²) in [6.07, 6.45) is 1.52. The minimum absolute atomic E-state index is 0.186. The topological polar surface area (TPSA) is 146 Å². The van der Waals surface area contributed by atoms with Crippen molar-refractivity contribution in [2.24, 2.45) is 0 Å². The molecule has 0 amide bonds. The van der Waals surface area contributed by atoms with E-state index in [-0.39, 0.29) is 23.5 Å². The van der Waals surface area contributed by atoms with Gasteiger partial charge in [-0.25, -0.2) is 0 Å². The molecule has 0 bridgehead atoms. The summed E-state index contributed by atoms with van der Waals surface area (Å²) in [5.41, 5.74) is 7.83. The van der Waals surface area contributed by atoms with Crippen LogP contribution >= 0.6 is 0 Å². The fraction of sp³-hybridized carbons (Fsp3) is 0.111. The van der Waals surface area contributed by atoms with E-state index in [9.17, 15) is 14.4 Å². The minimum Gasteiger partial charge on any atom is -0.382 e. The molecular weight excluding hydrogens is 348 g/mol. The Labute approximate surface area is 151 Å². The van der Waals surface area contributed by atoms with Crippen molar-refractivity contribution in [3.05, 3.63) is 72.4 Å². The highest BCUT2D eigenvalue weighted by atomic mass is 16.2. The standard InChI is InChI=1S/C18H16N6O3/c1-8-4-10(6-11-13(8)23-24-18(11)19)22-15-14(16(26)17(15)27)21-7-9-2-3-20-12(25)5-9/h2-6,21-22H,7H2,1H3,(H,20,25)(H3,19,23,24). The van der Waals surface area contributed by atoms with Crippen LogP contribution in [0, 0.1) is 6.92 Å². The van der Waals surface area contributed by atoms with E-state index in [1.807, 2.05) is 13.0 Å². The van der Waals surface area contributed by atoms with Crippen molar-refractivity contribution >= 4 is 33.8 Å². The van der Waals surface area contributed by atoms with Crippen LogP contribution in [0.3, 0.4) is 0 Å². The number of aromatic nitrogens is 3. The first kappa shape index (κ1) is 16.6. The smallest absolute Gasteiger partial charge is 0.253 e. The van der Waals surface area contributed by atoms with E-state index in [1.165, 1.54) is 12.3 Å². The predicted molar refractivity (Wildman–Crippen MR) is 104 cm³/mol. The summed E-state index contributed by atoms with van der Waals surface area (Å²) in [5.74, 6) is 0.356. The molecule has 2 heterocycles. The molecule has 0 unspecified atom stereocenters. The van der Waals surface area contributed by atoms with Crippen molar-refractivity contribution in [2.75, 3.05) is 16.4 Å². The van der Waals surface area contributed by atoms with Crippen molar-refractivity contribution in [1.29, 1.82) is 0 Å². The van der Waals surface area contributed by atoms with Crippen molar-refractivity contribution < 1.29 is 0 Å². The van der Waals surface area contributed by atoms with E-state index >= 15 is 0 Å². The van der Waals surface area contributed by atoms with Gasteiger partial charge >= 0.3 is 0 Å². The van der Waals surface area contributed by atoms with Gasteiger partial charge < -0.3 is 21.4 Å². The number of hydrogen-bond donors (Lipinski definition) is 5. The second kappa shape index (κ2) is 6.13. The van der Waals surface area contributed by atoms with E-state index in [1.54, 1.807) is 12.1 Å². The first-order valence-corrected chi connectivity index (χ1v) is 8.20. The number of aryl methyl sites for hydroxylation is 1. The van der Waals surface area contributed by atoms with Crippen molar-refractivity contribution in [1.82, 2.24) is 15.2 Å². The molecular formula is C18H16N6O3. The normalized spacial score (nSPS) is 11.1. The van der Waals surface area contributed by atoms with Gasteiger partial charge in [0.15, 0.2) is 5.82 Å². The third-order valence-corrected chi connectivity index (χ3v) is 4.39. The van der Waals surface area contributed by atoms with E-state index in [0.29, 0.717) is 17.1 Å². The zero-order valence-electron chi connectivity index (χ0n) is 14.3. The number of benzene rings is 1. The second-order valence-electron chi connectivity index (χ2n) is 6.27. The molecule has 0 saturated carbocycles. The Morgan fingerprint density at radius 1 is 1.11 bits per heavy atom. The Balaban J connectivity index is 1.61. The Hall–Kier alpha value is -3.88. The summed E-state index contributed by atoms with van der Waals surface area (Å²) in [6.45, 7) is 2.13. The van der Waals surface area contributed by atoms with Gasteiger partial charge in [0.2, 0.25) is 5.56 Å². The van der Waals surface area contributed by atoms with Crippen LogP contribution in [-0.4, -0.2) is 15.2 Å². The molecule has 27 heavy (non-hydrogen) atoms. The third kappa shape index (κ3) is 2.84. The molecule has 0 aliphatic rings. The number of nitrogens with zero attached hydrogens (tertiary/aromatic N) is 1. The summed E-state index contributed by atoms with van der Waals surface area (Å²) in [5, 5.41) is 13.5. The SMILES string of the molecule is Cc1cc(Nc2c(NCc3cc[nH]c(=O)c3)c(=O)c2=O)cc2c(N)n[nH]c12. The van der Waals surface area contributed by atoms with Crippen LogP contribution in [0.25, 0.3) is 10.9 Å². The number of H-pyrrole nitrogens is 2. The van der Waals surface area contributed by atoms with E-state index in [4.69, 9.17) is 5.73 Å². The van der Waals surface area contributed by atoms with Crippen LogP contribution in [0.2, 0.25) is 0 Å². The van der Waals surface area contributed by atoms with Crippen molar-refractivity contribution in [3.8, 4) is 0 Å². The summed E-state index contributed by atoms with van der Waals surface area (Å²) in [4.78, 5) is 37.8. The van der Waals surface area contributed by atoms with Crippen molar-refractivity contribution in [3.63, 3.8) is 0 Å². The number of pyridine rings is 1. The fourth-order valence-electron chi connectivity index (χ4n) is 3.00. The van der Waals surface area contributed by atoms with Crippen molar-refractivity contribution in [2.45, 2.75) is 13.5 Å². The maximum atomic E-state index is 12.0. The van der Waals surface area contributed by atoms with Crippen LogP contribution in [0.1, 0.15) is 11.1 Å². The molecule has 0 aliphatic carbocycles. The monoisotopic (exact) mass is 364 g/mol. The predicted octanol–water partition coefficient (Wildman–Crippen LogP) is 1.09. The average molecular weight is 364 g/mol. The number of anilines is 4. The zero-order valence-corrected chi connectivity index (χ0v) is 14.3. The molecule has 6 N–H and O–H groups in total. The largest absolute Gasteiger partial charge is 0.382 e. The van der Waals surface area contributed by atoms with Gasteiger partial charge in [0.1, 0.15) is 11.4 Å². The van der Waals surface area contributed by atoms with Gasteiger partial charge in [0.05, 0.1) is 5.52 Å². The lowest BCUT2D eigenvalue weighted by Gasteiger charge is -2.15. The number of nitrogen functional groups attached to an aromatic ring is 1. The van der Waals surface area contributed by atoms with E-state index < -0.39 is 10.9 Å². The molecule has 2 aromatic carbocycles. The summed E-state index contributed by atoms with van der Waals surface area (Å²) < 4.78 is 0. The molecule has 0 atom stereocenters. The second-order valence-corrected chi connectivity index (χ2v) is 6.27. The van der Waals surface area contributed by atoms with Crippen LogP contribution in [0.15, 0.2) is 44.8 Å². The Bertz CT molecular complexity index is 1290. The number of hydrogen-bond acceptors (Lipinski definition) is 7. The van der Waals surface area contributed by atoms with Crippen LogP contribution in [-0.2, 0) is 6.54 Å². The lowest BCUT2D eigenvalue weighted by Crippen LogP contribution is -2.36. The lowest BCUT2D eigenvalue weighted by molar-refractivity contribution is 1.09. The van der Waals surface area contributed by atoms with Gasteiger partial charge in [-0.05, 0) is 36.2 Å². The van der Waals surface area contributed by atoms with Gasteiger partial charge in [-0.1, -0.05) is 0 Å². The molecule has 4 rings (SSSR count). The lowest BCUT2D eigenvalue weighted by atomic mass is 10.1. The van der Waals surface area contributed by atoms with Gasteiger partial charge in [-0.2, -0.15) is 5.10 Å². The van der Waals surface area contributed by atoms with Gasteiger partial charge in [0, 0.05) is 29.9 Å². The number of nitrogens with two attached hydrogens (primary N) is 1. The fourth-order valence-corrected chi connectivity index (χ4v) is 3.00. The van der Waals surface area contributed by atoms with Gasteiger partial charge in [-0.3, -0.25) is 19.5 Å². The van der Waals surface area contributed by atoms with Crippen LogP contribution in [0.5, 0.6) is 0 Å². The highest BCUT2D eigenvalue weighted by molar-refractivity contribution is 5.94.